The van der Waals surface area contributed by atoms with E-state index in [0.717, 1.165) is 19.5 Å². The van der Waals surface area contributed by atoms with Crippen molar-refractivity contribution in [2.75, 3.05) is 51.3 Å². The Morgan fingerprint density at radius 2 is 2.14 bits per heavy atom. The summed E-state index contributed by atoms with van der Waals surface area (Å²) in [5.41, 5.74) is 2.01. The molecule has 3 aliphatic heterocycles. The molecule has 2 aromatic heterocycles. The van der Waals surface area contributed by atoms with Crippen molar-refractivity contribution in [3.8, 4) is 29.0 Å². The Morgan fingerprint density at radius 3 is 2.90 bits per heavy atom. The monoisotopic (exact) mass is 572 g/mol. The van der Waals surface area contributed by atoms with Gasteiger partial charge in [-0.05, 0) is 69.4 Å². The summed E-state index contributed by atoms with van der Waals surface area (Å²) < 4.78 is 31.9. The quantitative estimate of drug-likeness (QED) is 0.434. The fraction of sp³-hybridized carbons (Fsp3) is 0.419. The number of halogens is 1. The third-order valence-electron chi connectivity index (χ3n) is 7.97. The van der Waals surface area contributed by atoms with Crippen LogP contribution in [0.2, 0.25) is 0 Å². The number of pyridine rings is 2. The second-order valence-corrected chi connectivity index (χ2v) is 11.1. The molecule has 3 aliphatic rings. The summed E-state index contributed by atoms with van der Waals surface area (Å²) in [5.74, 6) is 0.105. The Bertz CT molecular complexity index is 1520. The molecule has 1 unspecified atom stereocenters. The number of hydrogen-bond donors (Lipinski definition) is 1. The fourth-order valence-electron chi connectivity index (χ4n) is 5.97. The topological polar surface area (TPSA) is 113 Å². The van der Waals surface area contributed by atoms with E-state index in [1.807, 2.05) is 31.0 Å². The number of aromatic nitrogens is 2. The van der Waals surface area contributed by atoms with Gasteiger partial charge >= 0.3 is 0 Å². The lowest BCUT2D eigenvalue weighted by molar-refractivity contribution is -0.0196. The second-order valence-electron chi connectivity index (χ2n) is 11.1. The molecule has 218 valence electrons. The minimum atomic E-state index is -0.437. The van der Waals surface area contributed by atoms with Crippen molar-refractivity contribution in [3.05, 3.63) is 65.7 Å². The van der Waals surface area contributed by atoms with Crippen LogP contribution in [0.1, 0.15) is 35.8 Å². The van der Waals surface area contributed by atoms with Gasteiger partial charge in [0.2, 0.25) is 5.88 Å². The fourth-order valence-corrected chi connectivity index (χ4v) is 5.97. The molecule has 1 N–H and O–H groups in total. The van der Waals surface area contributed by atoms with E-state index in [0.29, 0.717) is 66.9 Å². The first kappa shape index (κ1) is 27.9. The van der Waals surface area contributed by atoms with E-state index < -0.39 is 11.4 Å². The second kappa shape index (κ2) is 11.5. The highest BCUT2D eigenvalue weighted by molar-refractivity contribution is 5.96. The van der Waals surface area contributed by atoms with E-state index in [1.165, 1.54) is 12.1 Å². The van der Waals surface area contributed by atoms with Gasteiger partial charge in [0.05, 0.1) is 35.7 Å². The van der Waals surface area contributed by atoms with Crippen LogP contribution in [0.25, 0.3) is 11.3 Å². The van der Waals surface area contributed by atoms with Gasteiger partial charge in [-0.1, -0.05) is 0 Å². The van der Waals surface area contributed by atoms with Crippen LogP contribution >= 0.6 is 0 Å². The van der Waals surface area contributed by atoms with Crippen LogP contribution in [0.3, 0.4) is 0 Å². The Hall–Kier alpha value is -4.27. The van der Waals surface area contributed by atoms with Gasteiger partial charge in [-0.25, -0.2) is 14.4 Å². The van der Waals surface area contributed by atoms with Crippen molar-refractivity contribution in [3.63, 3.8) is 0 Å². The number of nitrogens with zero attached hydrogens (tertiary/aromatic N) is 5. The van der Waals surface area contributed by atoms with Crippen LogP contribution in [-0.4, -0.2) is 85.0 Å². The zero-order valence-electron chi connectivity index (χ0n) is 23.7. The predicted octanol–water partition coefficient (Wildman–Crippen LogP) is 3.41. The third kappa shape index (κ3) is 5.60. The normalized spacial score (nSPS) is 21.1. The summed E-state index contributed by atoms with van der Waals surface area (Å²) in [4.78, 5) is 26.8. The largest absolute Gasteiger partial charge is 0.485 e. The molecule has 0 radical (unpaired) electrons. The van der Waals surface area contributed by atoms with E-state index in [2.05, 4.69) is 21.3 Å². The van der Waals surface area contributed by atoms with E-state index in [-0.39, 0.29) is 23.7 Å². The van der Waals surface area contributed by atoms with Gasteiger partial charge in [0.15, 0.2) is 11.4 Å². The molecule has 1 aromatic carbocycles. The van der Waals surface area contributed by atoms with Crippen molar-refractivity contribution >= 4 is 11.6 Å². The molecule has 2 atom stereocenters. The maximum absolute atomic E-state index is 13.6. The van der Waals surface area contributed by atoms with Crippen LogP contribution in [0.5, 0.6) is 11.6 Å². The number of amides is 1. The number of rotatable bonds is 8. The highest BCUT2D eigenvalue weighted by atomic mass is 19.1. The van der Waals surface area contributed by atoms with Crippen LogP contribution < -0.4 is 19.7 Å². The smallest absolute Gasteiger partial charge is 0.274 e. The number of nitriles is 1. The maximum Gasteiger partial charge on any atom is 0.274 e. The van der Waals surface area contributed by atoms with Gasteiger partial charge in [-0.15, -0.1) is 0 Å². The summed E-state index contributed by atoms with van der Waals surface area (Å²) in [5, 5.41) is 12.6. The zero-order chi connectivity index (χ0) is 29.3. The molecule has 3 aromatic rings. The lowest BCUT2D eigenvalue weighted by Gasteiger charge is -2.48. The maximum atomic E-state index is 13.6. The molecule has 3 saturated heterocycles. The van der Waals surface area contributed by atoms with Gasteiger partial charge in [0, 0.05) is 38.3 Å². The Kier molecular flexibility index (Phi) is 7.66. The highest BCUT2D eigenvalue weighted by Gasteiger charge is 2.51. The van der Waals surface area contributed by atoms with Gasteiger partial charge in [0.1, 0.15) is 23.6 Å². The molecule has 5 heterocycles. The molecule has 1 amide bonds. The molecule has 1 spiro atoms. The molecule has 11 heteroatoms. The average molecular weight is 573 g/mol. The number of carbonyl (C=O) groups excluding carboxylic acids is 1. The molecular formula is C31H33FN6O4. The lowest BCUT2D eigenvalue weighted by atomic mass is 9.89. The average Bonchev–Trinajstić information content (AvgIpc) is 3.59. The summed E-state index contributed by atoms with van der Waals surface area (Å²) in [6.07, 6.45) is 2.85. The lowest BCUT2D eigenvalue weighted by Crippen LogP contribution is -2.62. The SMILES string of the molecule is CCOc1ncccc1-c1ccc(OC2COC3(C2)CN(c2ccc(F)cc2C#N)C3)c(C(=O)N[C@@H]2CCN(C)C2)n1. The molecule has 0 bridgehead atoms. The predicted molar refractivity (Wildman–Crippen MR) is 153 cm³/mol. The Labute approximate surface area is 244 Å². The van der Waals surface area contributed by atoms with Crippen LogP contribution in [0.15, 0.2) is 48.7 Å². The number of benzene rings is 1. The summed E-state index contributed by atoms with van der Waals surface area (Å²) in [6, 6.07) is 13.6. The van der Waals surface area contributed by atoms with Gasteiger partial charge < -0.3 is 29.3 Å². The minimum Gasteiger partial charge on any atom is -0.485 e. The third-order valence-corrected chi connectivity index (χ3v) is 7.97. The summed E-state index contributed by atoms with van der Waals surface area (Å²) in [6.45, 7) is 5.52. The standard InChI is InChI=1S/C31H33FN6O4/c1-3-40-30-24(5-4-11-34-30)25-7-9-27(28(36-25)29(39)35-22-10-12-37(2)16-22)42-23-14-31(41-17-23)18-38(19-31)26-8-6-21(32)13-20(26)15-33/h4-9,11,13,22-23H,3,10,12,14,16-19H2,1-2H3,(H,35,39)/t22-,23?/m1/s1. The molecule has 3 fully saturated rings. The zero-order valence-corrected chi connectivity index (χ0v) is 23.7. The first-order valence-corrected chi connectivity index (χ1v) is 14.2. The molecule has 6 rings (SSSR count). The number of ether oxygens (including phenoxy) is 3. The van der Waals surface area contributed by atoms with Crippen LogP contribution in [0.4, 0.5) is 10.1 Å². The van der Waals surface area contributed by atoms with Crippen LogP contribution in [-0.2, 0) is 4.74 Å². The number of nitrogens with one attached hydrogen (secondary N) is 1. The number of anilines is 1. The molecule has 0 aliphatic carbocycles. The number of likely N-dealkylation sites (N-methyl/N-ethyl adjacent to an activating group) is 1. The Balaban J connectivity index is 1.20. The van der Waals surface area contributed by atoms with Crippen molar-refractivity contribution in [2.24, 2.45) is 0 Å². The van der Waals surface area contributed by atoms with Gasteiger partial charge in [-0.2, -0.15) is 5.26 Å². The summed E-state index contributed by atoms with van der Waals surface area (Å²) >= 11 is 0. The van der Waals surface area contributed by atoms with E-state index in [9.17, 15) is 14.4 Å². The molecule has 10 nitrogen and oxygen atoms in total. The van der Waals surface area contributed by atoms with Crippen LogP contribution in [0, 0.1) is 17.1 Å². The summed E-state index contributed by atoms with van der Waals surface area (Å²) in [7, 11) is 2.03. The Morgan fingerprint density at radius 1 is 1.29 bits per heavy atom. The first-order chi connectivity index (χ1) is 20.4. The number of likely N-dealkylation sites (tertiary alicyclic amines) is 1. The van der Waals surface area contributed by atoms with Crippen molar-refractivity contribution in [1.29, 1.82) is 5.26 Å². The molecule has 42 heavy (non-hydrogen) atoms. The van der Waals surface area contributed by atoms with Crippen molar-refractivity contribution < 1.29 is 23.4 Å². The first-order valence-electron chi connectivity index (χ1n) is 14.2. The molecular weight excluding hydrogens is 539 g/mol. The highest BCUT2D eigenvalue weighted by Crippen LogP contribution is 2.40. The van der Waals surface area contributed by atoms with E-state index in [1.54, 1.807) is 24.4 Å². The number of carbonyl (C=O) groups is 1. The number of hydrogen-bond acceptors (Lipinski definition) is 9. The van der Waals surface area contributed by atoms with Gasteiger partial charge in [0.25, 0.3) is 5.91 Å². The van der Waals surface area contributed by atoms with Crippen molar-refractivity contribution in [1.82, 2.24) is 20.2 Å². The molecule has 0 saturated carbocycles. The minimum absolute atomic E-state index is 0.0296. The van der Waals surface area contributed by atoms with E-state index in [4.69, 9.17) is 19.2 Å². The van der Waals surface area contributed by atoms with Crippen molar-refractivity contribution in [2.45, 2.75) is 37.5 Å². The van der Waals surface area contributed by atoms with E-state index >= 15 is 0 Å². The van der Waals surface area contributed by atoms with Gasteiger partial charge in [-0.3, -0.25) is 4.79 Å².